The number of aromatic amines is 1. The van der Waals surface area contributed by atoms with E-state index in [9.17, 15) is 15.0 Å². The number of aromatic hydroxyl groups is 1. The van der Waals surface area contributed by atoms with Gasteiger partial charge in [-0.15, -0.1) is 0 Å². The number of phenolic OH excluding ortho intramolecular Hbond substituents is 1. The summed E-state index contributed by atoms with van der Waals surface area (Å²) in [5.74, 6) is 1.30. The molecular formula is C30H32ClN2O6-. The number of hydrogen-bond donors (Lipinski definition) is 3. The van der Waals surface area contributed by atoms with Crippen molar-refractivity contribution in [2.45, 2.75) is 39.5 Å². The third-order valence-corrected chi connectivity index (χ3v) is 6.08. The van der Waals surface area contributed by atoms with E-state index in [4.69, 9.17) is 14.2 Å². The number of aryl methyl sites for hydroxylation is 1. The van der Waals surface area contributed by atoms with Crippen LogP contribution in [0.3, 0.4) is 0 Å². The number of H-pyrrole nitrogens is 1. The Morgan fingerprint density at radius 2 is 1.67 bits per heavy atom. The van der Waals surface area contributed by atoms with E-state index in [1.807, 2.05) is 31.2 Å². The second kappa shape index (κ2) is 14.1. The predicted molar refractivity (Wildman–Crippen MR) is 145 cm³/mol. The monoisotopic (exact) mass is 551 g/mol. The van der Waals surface area contributed by atoms with E-state index in [0.717, 1.165) is 36.1 Å². The molecule has 3 N–H and O–H groups in total. The van der Waals surface area contributed by atoms with Crippen molar-refractivity contribution in [1.29, 1.82) is 0 Å². The van der Waals surface area contributed by atoms with E-state index >= 15 is 0 Å². The SMILES string of the molecule is CCCc1c(OCCCOc2cc(O)c(-c3cnc[nH]3)cc2CC)cccc1Oc1ccccc1C(=O)O.[Cl-]. The fourth-order valence-corrected chi connectivity index (χ4v) is 4.19. The lowest BCUT2D eigenvalue weighted by molar-refractivity contribution is -0.0000263. The first-order valence-electron chi connectivity index (χ1n) is 12.7. The number of rotatable bonds is 13. The van der Waals surface area contributed by atoms with Gasteiger partial charge < -0.3 is 41.8 Å². The highest BCUT2D eigenvalue weighted by Crippen LogP contribution is 2.36. The van der Waals surface area contributed by atoms with E-state index in [0.29, 0.717) is 42.4 Å². The van der Waals surface area contributed by atoms with Gasteiger partial charge in [-0.25, -0.2) is 9.78 Å². The summed E-state index contributed by atoms with van der Waals surface area (Å²) in [5.41, 5.74) is 3.42. The van der Waals surface area contributed by atoms with Crippen LogP contribution in [-0.4, -0.2) is 39.4 Å². The first-order chi connectivity index (χ1) is 18.5. The largest absolute Gasteiger partial charge is 1.00 e. The van der Waals surface area contributed by atoms with Crippen LogP contribution in [0.5, 0.6) is 28.7 Å². The fourth-order valence-electron chi connectivity index (χ4n) is 4.19. The van der Waals surface area contributed by atoms with Gasteiger partial charge in [-0.05, 0) is 48.7 Å². The Labute approximate surface area is 234 Å². The normalized spacial score (nSPS) is 10.5. The van der Waals surface area contributed by atoms with Crippen molar-refractivity contribution in [2.75, 3.05) is 13.2 Å². The van der Waals surface area contributed by atoms with Gasteiger partial charge in [-0.1, -0.05) is 38.5 Å². The lowest BCUT2D eigenvalue weighted by Crippen LogP contribution is -3.00. The molecule has 0 spiro atoms. The Morgan fingerprint density at radius 3 is 2.36 bits per heavy atom. The summed E-state index contributed by atoms with van der Waals surface area (Å²) in [6.45, 7) is 4.95. The van der Waals surface area contributed by atoms with Crippen molar-refractivity contribution >= 4 is 5.97 Å². The molecule has 0 atom stereocenters. The fraction of sp³-hybridized carbons (Fsp3) is 0.267. The molecule has 0 radical (unpaired) electrons. The van der Waals surface area contributed by atoms with Crippen molar-refractivity contribution in [1.82, 2.24) is 9.97 Å². The average Bonchev–Trinajstić information content (AvgIpc) is 3.45. The zero-order chi connectivity index (χ0) is 26.9. The van der Waals surface area contributed by atoms with E-state index in [1.165, 1.54) is 6.07 Å². The van der Waals surface area contributed by atoms with Gasteiger partial charge in [0.2, 0.25) is 0 Å². The Morgan fingerprint density at radius 1 is 0.949 bits per heavy atom. The number of imidazole rings is 1. The topological polar surface area (TPSA) is 114 Å². The zero-order valence-corrected chi connectivity index (χ0v) is 22.7. The number of hydrogen-bond acceptors (Lipinski definition) is 6. The molecule has 206 valence electrons. The third kappa shape index (κ3) is 7.23. The number of nitrogens with zero attached hydrogens (tertiary/aromatic N) is 1. The summed E-state index contributed by atoms with van der Waals surface area (Å²) in [7, 11) is 0. The smallest absolute Gasteiger partial charge is 0.339 e. The van der Waals surface area contributed by atoms with Crippen LogP contribution in [0, 0.1) is 0 Å². The van der Waals surface area contributed by atoms with Gasteiger partial charge in [0, 0.05) is 23.6 Å². The second-order valence-corrected chi connectivity index (χ2v) is 8.73. The van der Waals surface area contributed by atoms with Crippen LogP contribution in [0.15, 0.2) is 67.1 Å². The summed E-state index contributed by atoms with van der Waals surface area (Å²) in [6.07, 6.45) is 6.23. The van der Waals surface area contributed by atoms with Crippen molar-refractivity contribution in [3.63, 3.8) is 0 Å². The van der Waals surface area contributed by atoms with Crippen LogP contribution in [0.4, 0.5) is 0 Å². The number of nitrogens with one attached hydrogen (secondary N) is 1. The van der Waals surface area contributed by atoms with Gasteiger partial charge in [0.15, 0.2) is 0 Å². The molecule has 0 saturated carbocycles. The van der Waals surface area contributed by atoms with E-state index in [2.05, 4.69) is 16.9 Å². The maximum Gasteiger partial charge on any atom is 0.339 e. The highest BCUT2D eigenvalue weighted by molar-refractivity contribution is 5.91. The van der Waals surface area contributed by atoms with Crippen molar-refractivity contribution in [3.05, 3.63) is 83.8 Å². The van der Waals surface area contributed by atoms with Crippen LogP contribution in [0.1, 0.15) is 48.2 Å². The van der Waals surface area contributed by atoms with Gasteiger partial charge in [0.25, 0.3) is 0 Å². The van der Waals surface area contributed by atoms with Crippen molar-refractivity contribution in [3.8, 4) is 40.0 Å². The summed E-state index contributed by atoms with van der Waals surface area (Å²) in [6, 6.07) is 15.7. The number of phenols is 1. The lowest BCUT2D eigenvalue weighted by Gasteiger charge is -2.17. The molecule has 4 aromatic rings. The molecule has 0 aliphatic rings. The summed E-state index contributed by atoms with van der Waals surface area (Å²) >= 11 is 0. The lowest BCUT2D eigenvalue weighted by atomic mass is 10.0. The van der Waals surface area contributed by atoms with E-state index in [-0.39, 0.29) is 29.5 Å². The molecule has 0 bridgehead atoms. The average molecular weight is 552 g/mol. The Bertz CT molecular complexity index is 1370. The minimum atomic E-state index is -1.04. The Kier molecular flexibility index (Phi) is 10.6. The molecule has 0 saturated heterocycles. The first kappa shape index (κ1) is 29.4. The third-order valence-electron chi connectivity index (χ3n) is 6.08. The highest BCUT2D eigenvalue weighted by Gasteiger charge is 2.16. The van der Waals surface area contributed by atoms with Crippen LogP contribution in [0.25, 0.3) is 11.3 Å². The number of aromatic carboxylic acids is 1. The van der Waals surface area contributed by atoms with Gasteiger partial charge in [0.05, 0.1) is 31.4 Å². The standard InChI is InChI=1S/C30H32N2O6.ClH/c1-3-9-21-26(12-7-13-27(21)38-28-11-6-5-10-22(28)30(34)35)36-14-8-15-37-29-17-25(33)23(16-20(29)4-2)24-18-31-19-32-24;/h5-7,10-13,16-19,33H,3-4,8-9,14-15H2,1-2H3,(H,31,32)(H,34,35);1H/p-1. The molecule has 8 nitrogen and oxygen atoms in total. The number of aromatic nitrogens is 2. The molecule has 39 heavy (non-hydrogen) atoms. The summed E-state index contributed by atoms with van der Waals surface area (Å²) < 4.78 is 18.1. The van der Waals surface area contributed by atoms with Crippen LogP contribution < -0.4 is 26.6 Å². The number of carboxylic acid groups (broad SMARTS) is 1. The molecule has 0 aliphatic heterocycles. The van der Waals surface area contributed by atoms with Gasteiger partial charge in [-0.2, -0.15) is 0 Å². The molecule has 4 rings (SSSR count). The van der Waals surface area contributed by atoms with Gasteiger partial charge in [-0.3, -0.25) is 0 Å². The molecule has 0 unspecified atom stereocenters. The van der Waals surface area contributed by atoms with E-state index in [1.54, 1.807) is 36.8 Å². The number of ether oxygens (including phenoxy) is 3. The quantitative estimate of drug-likeness (QED) is 0.217. The highest BCUT2D eigenvalue weighted by atomic mass is 35.5. The minimum Gasteiger partial charge on any atom is -1.00 e. The summed E-state index contributed by atoms with van der Waals surface area (Å²) in [5, 5.41) is 20.0. The molecule has 1 heterocycles. The molecule has 0 aliphatic carbocycles. The van der Waals surface area contributed by atoms with Crippen LogP contribution in [-0.2, 0) is 12.8 Å². The van der Waals surface area contributed by atoms with Crippen LogP contribution in [0.2, 0.25) is 0 Å². The summed E-state index contributed by atoms with van der Waals surface area (Å²) in [4.78, 5) is 18.6. The number of para-hydroxylation sites is 1. The number of carboxylic acids is 1. The zero-order valence-electron chi connectivity index (χ0n) is 21.9. The molecule has 3 aromatic carbocycles. The molecule has 9 heteroatoms. The van der Waals surface area contributed by atoms with Gasteiger partial charge in [0.1, 0.15) is 34.3 Å². The Balaban J connectivity index is 0.00000420. The number of carbonyl (C=O) groups is 1. The molecule has 1 aromatic heterocycles. The van der Waals surface area contributed by atoms with Crippen molar-refractivity contribution < 1.29 is 41.6 Å². The maximum absolute atomic E-state index is 11.6. The predicted octanol–water partition coefficient (Wildman–Crippen LogP) is 3.64. The molecule has 0 amide bonds. The van der Waals surface area contributed by atoms with Gasteiger partial charge >= 0.3 is 5.97 Å². The molecular weight excluding hydrogens is 520 g/mol. The van der Waals surface area contributed by atoms with Crippen molar-refractivity contribution in [2.24, 2.45) is 0 Å². The first-order valence-corrected chi connectivity index (χ1v) is 12.7. The number of benzene rings is 3. The number of halogens is 1. The maximum atomic E-state index is 11.6. The van der Waals surface area contributed by atoms with Crippen LogP contribution >= 0.6 is 0 Å². The van der Waals surface area contributed by atoms with E-state index < -0.39 is 5.97 Å². The molecule has 0 fully saturated rings. The Hall–Kier alpha value is -4.17. The second-order valence-electron chi connectivity index (χ2n) is 8.73. The minimum absolute atomic E-state index is 0.